The number of nitro benzene ring substituents is 1. The lowest BCUT2D eigenvalue weighted by atomic mass is 10.2. The number of benzene rings is 1. The van der Waals surface area contributed by atoms with Crippen LogP contribution in [0.1, 0.15) is 5.69 Å². The molecule has 0 aliphatic carbocycles. The summed E-state index contributed by atoms with van der Waals surface area (Å²) in [6.45, 7) is 0. The van der Waals surface area contributed by atoms with E-state index in [1.54, 1.807) is 35.0 Å². The Morgan fingerprint density at radius 3 is 2.53 bits per heavy atom. The Hall–Kier alpha value is -2.89. The van der Waals surface area contributed by atoms with Crippen molar-refractivity contribution in [3.05, 3.63) is 64.5 Å². The number of non-ortho nitro benzene ring substituents is 1. The predicted molar refractivity (Wildman–Crippen MR) is 69.1 cm³/mol. The third-order valence-corrected chi connectivity index (χ3v) is 2.52. The van der Waals surface area contributed by atoms with E-state index in [0.29, 0.717) is 5.69 Å². The molecular weight excluding hydrogens is 248 g/mol. The number of carboxylic acid groups (broad SMARTS) is 1. The zero-order valence-corrected chi connectivity index (χ0v) is 9.76. The van der Waals surface area contributed by atoms with Crippen molar-refractivity contribution < 1.29 is 14.8 Å². The molecule has 2 aromatic rings. The number of hydrogen-bond donors (Lipinski definition) is 1. The maximum atomic E-state index is 10.6. The number of aliphatic carboxylic acids is 1. The maximum Gasteiger partial charge on any atom is 0.328 e. The van der Waals surface area contributed by atoms with Crippen molar-refractivity contribution in [3.8, 4) is 5.69 Å². The SMILES string of the molecule is O=C(O)/C=C/c1cccn1-c1ccc([N+](=O)[O-])cc1. The Morgan fingerprint density at radius 1 is 1.26 bits per heavy atom. The summed E-state index contributed by atoms with van der Waals surface area (Å²) in [5, 5.41) is 19.2. The molecule has 0 amide bonds. The highest BCUT2D eigenvalue weighted by atomic mass is 16.6. The Labute approximate surface area is 108 Å². The van der Waals surface area contributed by atoms with Crippen molar-refractivity contribution in [2.45, 2.75) is 0 Å². The van der Waals surface area contributed by atoms with Crippen LogP contribution in [0.15, 0.2) is 48.7 Å². The predicted octanol–water partition coefficient (Wildman–Crippen LogP) is 2.48. The van der Waals surface area contributed by atoms with Crippen LogP contribution < -0.4 is 0 Å². The minimum absolute atomic E-state index is 0.0125. The Morgan fingerprint density at radius 2 is 1.95 bits per heavy atom. The Balaban J connectivity index is 2.34. The van der Waals surface area contributed by atoms with Gasteiger partial charge in [-0.05, 0) is 30.3 Å². The lowest BCUT2D eigenvalue weighted by Gasteiger charge is -2.05. The normalized spacial score (nSPS) is 10.7. The van der Waals surface area contributed by atoms with Gasteiger partial charge in [0.25, 0.3) is 5.69 Å². The quantitative estimate of drug-likeness (QED) is 0.518. The highest BCUT2D eigenvalue weighted by Crippen LogP contribution is 2.18. The van der Waals surface area contributed by atoms with Gasteiger partial charge in [-0.1, -0.05) is 0 Å². The average molecular weight is 258 g/mol. The molecule has 1 N–H and O–H groups in total. The van der Waals surface area contributed by atoms with Gasteiger partial charge in [-0.25, -0.2) is 4.79 Å². The lowest BCUT2D eigenvalue weighted by Crippen LogP contribution is -1.96. The van der Waals surface area contributed by atoms with E-state index in [1.165, 1.54) is 18.2 Å². The molecular formula is C13H10N2O4. The van der Waals surface area contributed by atoms with E-state index in [0.717, 1.165) is 11.8 Å². The van der Waals surface area contributed by atoms with Gasteiger partial charge in [0.15, 0.2) is 0 Å². The number of rotatable bonds is 4. The molecule has 2 rings (SSSR count). The number of hydrogen-bond acceptors (Lipinski definition) is 3. The minimum Gasteiger partial charge on any atom is -0.478 e. The fourth-order valence-corrected chi connectivity index (χ4v) is 1.66. The molecule has 1 aromatic carbocycles. The molecule has 6 heteroatoms. The van der Waals surface area contributed by atoms with Crippen molar-refractivity contribution in [1.82, 2.24) is 4.57 Å². The summed E-state index contributed by atoms with van der Waals surface area (Å²) in [4.78, 5) is 20.6. The van der Waals surface area contributed by atoms with Crippen molar-refractivity contribution >= 4 is 17.7 Å². The van der Waals surface area contributed by atoms with Crippen LogP contribution in [0.25, 0.3) is 11.8 Å². The van der Waals surface area contributed by atoms with Gasteiger partial charge in [-0.15, -0.1) is 0 Å². The molecule has 96 valence electrons. The van der Waals surface area contributed by atoms with E-state index >= 15 is 0 Å². The van der Waals surface area contributed by atoms with Crippen LogP contribution in [0.5, 0.6) is 0 Å². The molecule has 19 heavy (non-hydrogen) atoms. The second-order valence-corrected chi connectivity index (χ2v) is 3.75. The summed E-state index contributed by atoms with van der Waals surface area (Å²) >= 11 is 0. The molecule has 0 fully saturated rings. The summed E-state index contributed by atoms with van der Waals surface area (Å²) in [7, 11) is 0. The van der Waals surface area contributed by atoms with Gasteiger partial charge in [-0.2, -0.15) is 0 Å². The van der Waals surface area contributed by atoms with Crippen LogP contribution in [0.4, 0.5) is 5.69 Å². The maximum absolute atomic E-state index is 10.6. The van der Waals surface area contributed by atoms with Crippen LogP contribution in [0.2, 0.25) is 0 Å². The minimum atomic E-state index is -1.03. The van der Waals surface area contributed by atoms with E-state index in [2.05, 4.69) is 0 Å². The Kier molecular flexibility index (Phi) is 3.42. The van der Waals surface area contributed by atoms with Crippen molar-refractivity contribution in [2.24, 2.45) is 0 Å². The van der Waals surface area contributed by atoms with E-state index in [9.17, 15) is 14.9 Å². The summed E-state index contributed by atoms with van der Waals surface area (Å²) in [6, 6.07) is 9.54. The van der Waals surface area contributed by atoms with E-state index in [1.807, 2.05) is 0 Å². The van der Waals surface area contributed by atoms with Crippen molar-refractivity contribution in [1.29, 1.82) is 0 Å². The highest BCUT2D eigenvalue weighted by molar-refractivity contribution is 5.85. The number of carboxylic acids is 1. The molecule has 0 aliphatic rings. The molecule has 0 unspecified atom stereocenters. The van der Waals surface area contributed by atoms with Gasteiger partial charge in [0, 0.05) is 35.8 Å². The number of nitro groups is 1. The highest BCUT2D eigenvalue weighted by Gasteiger charge is 2.06. The number of aromatic nitrogens is 1. The van der Waals surface area contributed by atoms with E-state index < -0.39 is 10.9 Å². The summed E-state index contributed by atoms with van der Waals surface area (Å²) in [6.07, 6.45) is 4.25. The molecule has 0 radical (unpaired) electrons. The molecule has 0 saturated heterocycles. The first-order chi connectivity index (χ1) is 9.08. The molecule has 0 saturated carbocycles. The summed E-state index contributed by atoms with van der Waals surface area (Å²) < 4.78 is 1.74. The molecule has 0 spiro atoms. The van der Waals surface area contributed by atoms with Crippen LogP contribution >= 0.6 is 0 Å². The fraction of sp³-hybridized carbons (Fsp3) is 0. The van der Waals surface area contributed by atoms with Crippen molar-refractivity contribution in [3.63, 3.8) is 0 Å². The lowest BCUT2D eigenvalue weighted by molar-refractivity contribution is -0.384. The van der Waals surface area contributed by atoms with Gasteiger partial charge >= 0.3 is 5.97 Å². The standard InChI is InChI=1S/C13H10N2O4/c16-13(17)8-7-10-2-1-9-14(10)11-3-5-12(6-4-11)15(18)19/h1-9H,(H,16,17)/b8-7+. The number of nitrogens with zero attached hydrogens (tertiary/aromatic N) is 2. The molecule has 6 nitrogen and oxygen atoms in total. The van der Waals surface area contributed by atoms with Gasteiger partial charge in [0.05, 0.1) is 4.92 Å². The van der Waals surface area contributed by atoms with E-state index in [-0.39, 0.29) is 5.69 Å². The first kappa shape index (κ1) is 12.6. The second-order valence-electron chi connectivity index (χ2n) is 3.75. The van der Waals surface area contributed by atoms with Gasteiger partial charge in [0.2, 0.25) is 0 Å². The zero-order valence-electron chi connectivity index (χ0n) is 9.76. The summed E-state index contributed by atoms with van der Waals surface area (Å²) in [5.74, 6) is -1.03. The first-order valence-electron chi connectivity index (χ1n) is 5.41. The third-order valence-electron chi connectivity index (χ3n) is 2.52. The average Bonchev–Trinajstić information content (AvgIpc) is 2.84. The monoisotopic (exact) mass is 258 g/mol. The zero-order chi connectivity index (χ0) is 13.8. The van der Waals surface area contributed by atoms with Crippen LogP contribution in [0, 0.1) is 10.1 Å². The van der Waals surface area contributed by atoms with E-state index in [4.69, 9.17) is 5.11 Å². The molecule has 1 aromatic heterocycles. The van der Waals surface area contributed by atoms with Crippen LogP contribution in [0.3, 0.4) is 0 Å². The topological polar surface area (TPSA) is 85.4 Å². The molecule has 0 aliphatic heterocycles. The first-order valence-corrected chi connectivity index (χ1v) is 5.41. The summed E-state index contributed by atoms with van der Waals surface area (Å²) in [5.41, 5.74) is 1.41. The Bertz CT molecular complexity index is 641. The van der Waals surface area contributed by atoms with Gasteiger partial charge in [-0.3, -0.25) is 10.1 Å². The van der Waals surface area contributed by atoms with Crippen molar-refractivity contribution in [2.75, 3.05) is 0 Å². The largest absolute Gasteiger partial charge is 0.478 e. The van der Waals surface area contributed by atoms with Gasteiger partial charge < -0.3 is 9.67 Å². The second kappa shape index (κ2) is 5.18. The van der Waals surface area contributed by atoms with Crippen LogP contribution in [-0.4, -0.2) is 20.6 Å². The van der Waals surface area contributed by atoms with Crippen LogP contribution in [-0.2, 0) is 4.79 Å². The molecule has 1 heterocycles. The fourth-order valence-electron chi connectivity index (χ4n) is 1.66. The number of carbonyl (C=O) groups is 1. The third kappa shape index (κ3) is 2.86. The smallest absolute Gasteiger partial charge is 0.328 e. The van der Waals surface area contributed by atoms with Gasteiger partial charge in [0.1, 0.15) is 0 Å². The molecule has 0 atom stereocenters. The molecule has 0 bridgehead atoms.